The minimum absolute atomic E-state index is 0.0256. The van der Waals surface area contributed by atoms with E-state index < -0.39 is 0 Å². The van der Waals surface area contributed by atoms with Crippen LogP contribution in [0, 0.1) is 6.92 Å². The average Bonchev–Trinajstić information content (AvgIpc) is 2.82. The summed E-state index contributed by atoms with van der Waals surface area (Å²) < 4.78 is 3.49. The Balaban J connectivity index is 2.22. The zero-order valence-electron chi connectivity index (χ0n) is 11.1. The second-order valence-electron chi connectivity index (χ2n) is 5.02. The summed E-state index contributed by atoms with van der Waals surface area (Å²) >= 11 is 0. The molecule has 3 heteroatoms. The number of nitrogens with zero attached hydrogens (tertiary/aromatic N) is 2. The van der Waals surface area contributed by atoms with Gasteiger partial charge in [0, 0.05) is 5.39 Å². The molecule has 2 aromatic carbocycles. The molecule has 0 spiro atoms. The fourth-order valence-corrected chi connectivity index (χ4v) is 2.85. The van der Waals surface area contributed by atoms with Crippen molar-refractivity contribution in [2.24, 2.45) is 0 Å². The molecule has 0 N–H and O–H groups in total. The van der Waals surface area contributed by atoms with Crippen LogP contribution < -0.4 is 10.3 Å². The maximum Gasteiger partial charge on any atom is 0.508 e. The number of hydrogen-bond donors (Lipinski definition) is 0. The predicted octanol–water partition coefficient (Wildman–Crippen LogP) is 2.48. The summed E-state index contributed by atoms with van der Waals surface area (Å²) in [5.41, 5.74) is 2.82. The van der Waals surface area contributed by atoms with Crippen molar-refractivity contribution in [3.05, 3.63) is 77.0 Å². The van der Waals surface area contributed by atoms with Gasteiger partial charge in [-0.2, -0.15) is 13.8 Å². The lowest BCUT2D eigenvalue weighted by atomic mass is 10.2. The number of hydrogen-bond acceptors (Lipinski definition) is 1. The lowest BCUT2D eigenvalue weighted by Crippen LogP contribution is -2.50. The Hall–Kier alpha value is -2.68. The molecule has 0 aliphatic carbocycles. The first kappa shape index (κ1) is 11.2. The van der Waals surface area contributed by atoms with Gasteiger partial charge in [0.2, 0.25) is 0 Å². The van der Waals surface area contributed by atoms with Gasteiger partial charge >= 0.3 is 5.69 Å². The van der Waals surface area contributed by atoms with Crippen LogP contribution in [-0.4, -0.2) is 4.40 Å². The molecule has 0 radical (unpaired) electrons. The van der Waals surface area contributed by atoms with Crippen molar-refractivity contribution in [3.8, 4) is 5.69 Å². The molecule has 0 unspecified atom stereocenters. The average molecular weight is 261 g/mol. The summed E-state index contributed by atoms with van der Waals surface area (Å²) in [6, 6.07) is 17.9. The summed E-state index contributed by atoms with van der Waals surface area (Å²) in [7, 11) is 0. The van der Waals surface area contributed by atoms with Gasteiger partial charge in [0.1, 0.15) is 17.6 Å². The second kappa shape index (κ2) is 3.90. The molecular formula is C17H13N2O+. The van der Waals surface area contributed by atoms with E-state index >= 15 is 0 Å². The van der Waals surface area contributed by atoms with Crippen molar-refractivity contribution in [1.29, 1.82) is 0 Å². The van der Waals surface area contributed by atoms with Gasteiger partial charge in [-0.1, -0.05) is 30.3 Å². The summed E-state index contributed by atoms with van der Waals surface area (Å²) in [4.78, 5) is 12.7. The fourth-order valence-electron chi connectivity index (χ4n) is 2.85. The standard InChI is InChI=1S/C17H13N2O/c1-12-10-13-6-5-7-14-11-18(15-8-3-2-4-9-15)17(20)19(12)16(13)14/h2-11H,1H3/q+1. The van der Waals surface area contributed by atoms with Crippen LogP contribution in [0.2, 0.25) is 0 Å². The molecule has 0 amide bonds. The van der Waals surface area contributed by atoms with Crippen molar-refractivity contribution in [1.82, 2.24) is 4.40 Å². The third-order valence-corrected chi connectivity index (χ3v) is 3.74. The predicted molar refractivity (Wildman–Crippen MR) is 78.6 cm³/mol. The van der Waals surface area contributed by atoms with Gasteiger partial charge in [-0.25, -0.2) is 0 Å². The molecule has 2 heterocycles. The molecule has 96 valence electrons. The molecule has 0 aliphatic rings. The van der Waals surface area contributed by atoms with Gasteiger partial charge < -0.3 is 0 Å². The molecule has 0 saturated carbocycles. The van der Waals surface area contributed by atoms with Crippen molar-refractivity contribution in [2.45, 2.75) is 6.92 Å². The molecule has 3 nitrogen and oxygen atoms in total. The van der Waals surface area contributed by atoms with Crippen LogP contribution in [0.25, 0.3) is 22.0 Å². The molecule has 0 atom stereocenters. The van der Waals surface area contributed by atoms with Crippen LogP contribution in [0.5, 0.6) is 0 Å². The monoisotopic (exact) mass is 261 g/mol. The van der Waals surface area contributed by atoms with Crippen LogP contribution in [0.1, 0.15) is 5.69 Å². The maximum atomic E-state index is 12.7. The molecule has 0 saturated heterocycles. The Morgan fingerprint density at radius 1 is 0.950 bits per heavy atom. The van der Waals surface area contributed by atoms with Gasteiger partial charge in [0.25, 0.3) is 0 Å². The maximum absolute atomic E-state index is 12.7. The van der Waals surface area contributed by atoms with Crippen molar-refractivity contribution in [3.63, 3.8) is 0 Å². The number of aromatic nitrogens is 2. The van der Waals surface area contributed by atoms with E-state index in [-0.39, 0.29) is 5.69 Å². The third kappa shape index (κ3) is 1.40. The fraction of sp³-hybridized carbons (Fsp3) is 0.0588. The van der Waals surface area contributed by atoms with E-state index in [0.29, 0.717) is 0 Å². The highest BCUT2D eigenvalue weighted by Crippen LogP contribution is 2.21. The second-order valence-corrected chi connectivity index (χ2v) is 5.02. The van der Waals surface area contributed by atoms with E-state index in [9.17, 15) is 4.79 Å². The molecule has 0 aliphatic heterocycles. The summed E-state index contributed by atoms with van der Waals surface area (Å²) in [5, 5.41) is 2.18. The Kier molecular flexibility index (Phi) is 2.18. The summed E-state index contributed by atoms with van der Waals surface area (Å²) in [6.45, 7) is 1.97. The summed E-state index contributed by atoms with van der Waals surface area (Å²) in [5.74, 6) is 0. The molecule has 4 rings (SSSR count). The number of benzene rings is 2. The first-order valence-corrected chi connectivity index (χ1v) is 6.60. The minimum Gasteiger partial charge on any atom is -0.196 e. The zero-order valence-corrected chi connectivity index (χ0v) is 11.1. The van der Waals surface area contributed by atoms with E-state index in [2.05, 4.69) is 6.07 Å². The molecular weight excluding hydrogens is 248 g/mol. The van der Waals surface area contributed by atoms with E-state index in [1.54, 1.807) is 8.97 Å². The van der Waals surface area contributed by atoms with Crippen LogP contribution in [0.3, 0.4) is 0 Å². The van der Waals surface area contributed by atoms with Crippen molar-refractivity contribution < 1.29 is 4.57 Å². The third-order valence-electron chi connectivity index (χ3n) is 3.74. The van der Waals surface area contributed by atoms with Crippen LogP contribution >= 0.6 is 0 Å². The van der Waals surface area contributed by atoms with E-state index in [4.69, 9.17) is 0 Å². The molecule has 2 aromatic heterocycles. The quantitative estimate of drug-likeness (QED) is 0.483. The number of rotatable bonds is 1. The lowest BCUT2D eigenvalue weighted by molar-refractivity contribution is -0.614. The smallest absolute Gasteiger partial charge is 0.196 e. The van der Waals surface area contributed by atoms with E-state index in [1.807, 2.05) is 61.7 Å². The van der Waals surface area contributed by atoms with Gasteiger partial charge in [-0.15, -0.1) is 0 Å². The summed E-state index contributed by atoms with van der Waals surface area (Å²) in [6.07, 6.45) is 1.92. The van der Waals surface area contributed by atoms with Crippen molar-refractivity contribution in [2.75, 3.05) is 0 Å². The minimum atomic E-state index is -0.0256. The lowest BCUT2D eigenvalue weighted by Gasteiger charge is -2.01. The first-order chi connectivity index (χ1) is 9.75. The Bertz CT molecular complexity index is 971. The van der Waals surface area contributed by atoms with E-state index in [0.717, 1.165) is 27.7 Å². The first-order valence-electron chi connectivity index (χ1n) is 6.60. The van der Waals surface area contributed by atoms with Gasteiger partial charge in [0.15, 0.2) is 5.52 Å². The number of aryl methyl sites for hydroxylation is 1. The molecule has 20 heavy (non-hydrogen) atoms. The van der Waals surface area contributed by atoms with Crippen LogP contribution in [0.15, 0.2) is 65.6 Å². The van der Waals surface area contributed by atoms with Gasteiger partial charge in [-0.05, 0) is 31.2 Å². The highest BCUT2D eigenvalue weighted by atomic mass is 16.1. The highest BCUT2D eigenvalue weighted by molar-refractivity contribution is 5.95. The molecule has 0 fully saturated rings. The van der Waals surface area contributed by atoms with E-state index in [1.165, 1.54) is 0 Å². The highest BCUT2D eigenvalue weighted by Gasteiger charge is 2.20. The number of para-hydroxylation sites is 2. The van der Waals surface area contributed by atoms with Gasteiger partial charge in [0.05, 0.1) is 5.39 Å². The SMILES string of the molecule is Cc1cc2cccc3c[n+](-c4ccccc4)c(=O)n1c23. The molecule has 4 aromatic rings. The molecule has 0 bridgehead atoms. The Labute approximate surface area is 115 Å². The Morgan fingerprint density at radius 3 is 2.50 bits per heavy atom. The largest absolute Gasteiger partial charge is 0.508 e. The van der Waals surface area contributed by atoms with Crippen LogP contribution in [0.4, 0.5) is 0 Å². The van der Waals surface area contributed by atoms with Crippen LogP contribution in [-0.2, 0) is 0 Å². The Morgan fingerprint density at radius 2 is 1.70 bits per heavy atom. The van der Waals surface area contributed by atoms with Crippen molar-refractivity contribution >= 4 is 16.3 Å². The van der Waals surface area contributed by atoms with Gasteiger partial charge in [-0.3, -0.25) is 0 Å². The topological polar surface area (TPSA) is 25.4 Å². The normalized spacial score (nSPS) is 11.4. The zero-order chi connectivity index (χ0) is 13.7.